The van der Waals surface area contributed by atoms with Crippen LogP contribution in [0.3, 0.4) is 0 Å². The van der Waals surface area contributed by atoms with Crippen molar-refractivity contribution in [2.75, 3.05) is 42.9 Å². The van der Waals surface area contributed by atoms with Crippen LogP contribution in [0.4, 0.5) is 11.8 Å². The van der Waals surface area contributed by atoms with Gasteiger partial charge in [0.25, 0.3) is 0 Å². The predicted molar refractivity (Wildman–Crippen MR) is 125 cm³/mol. The molecule has 1 saturated heterocycles. The van der Waals surface area contributed by atoms with E-state index in [4.69, 9.17) is 4.98 Å². The van der Waals surface area contributed by atoms with Crippen molar-refractivity contribution in [2.24, 2.45) is 0 Å². The van der Waals surface area contributed by atoms with Gasteiger partial charge in [0.2, 0.25) is 5.95 Å². The van der Waals surface area contributed by atoms with E-state index in [1.54, 1.807) is 0 Å². The number of nitrogens with one attached hydrogen (secondary N) is 1. The molecule has 154 valence electrons. The van der Waals surface area contributed by atoms with Gasteiger partial charge in [-0.25, -0.2) is 4.98 Å². The molecular formula is C25H29N5. The van der Waals surface area contributed by atoms with E-state index < -0.39 is 0 Å². The summed E-state index contributed by atoms with van der Waals surface area (Å²) in [5.74, 6) is 1.67. The van der Waals surface area contributed by atoms with E-state index in [-0.39, 0.29) is 6.04 Å². The summed E-state index contributed by atoms with van der Waals surface area (Å²) in [6.07, 6.45) is 6.29. The molecule has 0 aliphatic carbocycles. The maximum Gasteiger partial charge on any atom is 0.225 e. The molecule has 1 fully saturated rings. The number of anilines is 2. The van der Waals surface area contributed by atoms with Crippen LogP contribution in [0.5, 0.6) is 0 Å². The predicted octanol–water partition coefficient (Wildman–Crippen LogP) is 4.49. The summed E-state index contributed by atoms with van der Waals surface area (Å²) in [4.78, 5) is 14.0. The first-order valence-electron chi connectivity index (χ1n) is 10.6. The van der Waals surface area contributed by atoms with E-state index in [1.165, 1.54) is 11.1 Å². The summed E-state index contributed by atoms with van der Waals surface area (Å²) in [6.45, 7) is 7.13. The largest absolute Gasteiger partial charge is 0.354 e. The second kappa shape index (κ2) is 10.0. The Morgan fingerprint density at radius 3 is 2.37 bits per heavy atom. The average Bonchev–Trinajstić information content (AvgIpc) is 2.81. The number of rotatable bonds is 7. The van der Waals surface area contributed by atoms with Gasteiger partial charge in [0.05, 0.1) is 6.04 Å². The van der Waals surface area contributed by atoms with Crippen LogP contribution < -0.4 is 10.2 Å². The topological polar surface area (TPSA) is 44.3 Å². The highest BCUT2D eigenvalue weighted by molar-refractivity contribution is 5.49. The van der Waals surface area contributed by atoms with Gasteiger partial charge in [0, 0.05) is 38.9 Å². The van der Waals surface area contributed by atoms with Crippen molar-refractivity contribution < 1.29 is 0 Å². The monoisotopic (exact) mass is 399 g/mol. The molecule has 3 aromatic rings. The first-order chi connectivity index (χ1) is 14.8. The molecule has 0 bridgehead atoms. The van der Waals surface area contributed by atoms with E-state index in [0.717, 1.165) is 38.5 Å². The van der Waals surface area contributed by atoms with Crippen LogP contribution in [0.1, 0.15) is 24.1 Å². The van der Waals surface area contributed by atoms with Gasteiger partial charge in [0.1, 0.15) is 5.82 Å². The Kier molecular flexibility index (Phi) is 6.72. The summed E-state index contributed by atoms with van der Waals surface area (Å²) in [7, 11) is 0. The lowest BCUT2D eigenvalue weighted by atomic mass is 10.1. The summed E-state index contributed by atoms with van der Waals surface area (Å²) in [5.41, 5.74) is 2.48. The molecule has 5 heteroatoms. The third-order valence-electron chi connectivity index (χ3n) is 5.46. The molecule has 1 aromatic heterocycles. The van der Waals surface area contributed by atoms with E-state index in [9.17, 15) is 0 Å². The van der Waals surface area contributed by atoms with Crippen molar-refractivity contribution in [2.45, 2.75) is 13.0 Å². The van der Waals surface area contributed by atoms with E-state index >= 15 is 0 Å². The minimum atomic E-state index is 0.162. The van der Waals surface area contributed by atoms with Gasteiger partial charge in [-0.15, -0.1) is 0 Å². The number of aromatic nitrogens is 2. The molecule has 0 amide bonds. The molecular weight excluding hydrogens is 370 g/mol. The first-order valence-corrected chi connectivity index (χ1v) is 10.6. The minimum absolute atomic E-state index is 0.162. The van der Waals surface area contributed by atoms with Gasteiger partial charge >= 0.3 is 0 Å². The van der Waals surface area contributed by atoms with Crippen LogP contribution >= 0.6 is 0 Å². The van der Waals surface area contributed by atoms with Crippen molar-refractivity contribution in [3.63, 3.8) is 0 Å². The van der Waals surface area contributed by atoms with Gasteiger partial charge in [-0.3, -0.25) is 4.90 Å². The zero-order valence-corrected chi connectivity index (χ0v) is 17.5. The molecule has 2 heterocycles. The minimum Gasteiger partial charge on any atom is -0.354 e. The second-order valence-electron chi connectivity index (χ2n) is 7.62. The van der Waals surface area contributed by atoms with E-state index in [0.29, 0.717) is 5.95 Å². The Morgan fingerprint density at radius 1 is 0.933 bits per heavy atom. The molecule has 0 radical (unpaired) electrons. The quantitative estimate of drug-likeness (QED) is 0.634. The number of piperazine rings is 1. The molecule has 0 saturated carbocycles. The lowest BCUT2D eigenvalue weighted by Gasteiger charge is -2.35. The highest BCUT2D eigenvalue weighted by Gasteiger charge is 2.18. The summed E-state index contributed by atoms with van der Waals surface area (Å²) in [5, 5.41) is 3.42. The number of hydrogen-bond donors (Lipinski definition) is 1. The third kappa shape index (κ3) is 5.45. The Balaban J connectivity index is 1.29. The number of benzene rings is 2. The fourth-order valence-corrected chi connectivity index (χ4v) is 3.68. The maximum atomic E-state index is 4.76. The first kappa shape index (κ1) is 20.1. The lowest BCUT2D eigenvalue weighted by molar-refractivity contribution is 0.283. The Bertz CT molecular complexity index is 934. The molecule has 0 spiro atoms. The fraction of sp³-hybridized carbons (Fsp3) is 0.280. The molecule has 1 aliphatic rings. The zero-order valence-electron chi connectivity index (χ0n) is 17.5. The van der Waals surface area contributed by atoms with E-state index in [1.807, 2.05) is 24.4 Å². The Labute approximate surface area is 179 Å². The number of hydrogen-bond acceptors (Lipinski definition) is 5. The van der Waals surface area contributed by atoms with Crippen LogP contribution in [-0.4, -0.2) is 47.6 Å². The molecule has 2 aromatic carbocycles. The number of nitrogens with zero attached hydrogens (tertiary/aromatic N) is 4. The van der Waals surface area contributed by atoms with Gasteiger partial charge < -0.3 is 10.2 Å². The van der Waals surface area contributed by atoms with Crippen LogP contribution in [0, 0.1) is 0 Å². The molecule has 5 nitrogen and oxygen atoms in total. The highest BCUT2D eigenvalue weighted by atomic mass is 15.3. The van der Waals surface area contributed by atoms with Crippen molar-refractivity contribution in [3.8, 4) is 0 Å². The lowest BCUT2D eigenvalue weighted by Crippen LogP contribution is -2.46. The van der Waals surface area contributed by atoms with Crippen LogP contribution in [-0.2, 0) is 0 Å². The Morgan fingerprint density at radius 2 is 1.63 bits per heavy atom. The molecule has 1 atom stereocenters. The van der Waals surface area contributed by atoms with Crippen molar-refractivity contribution in [3.05, 3.63) is 90.1 Å². The molecule has 1 aliphatic heterocycles. The third-order valence-corrected chi connectivity index (χ3v) is 5.46. The SMILES string of the molecule is CC(Nc1nccc(N2CCN(C/C=C/c3ccccc3)CC2)n1)c1ccccc1. The second-order valence-corrected chi connectivity index (χ2v) is 7.62. The zero-order chi connectivity index (χ0) is 20.6. The summed E-state index contributed by atoms with van der Waals surface area (Å²) < 4.78 is 0. The van der Waals surface area contributed by atoms with Gasteiger partial charge in [-0.1, -0.05) is 72.8 Å². The smallest absolute Gasteiger partial charge is 0.225 e. The van der Waals surface area contributed by atoms with Crippen molar-refractivity contribution in [1.29, 1.82) is 0 Å². The fourth-order valence-electron chi connectivity index (χ4n) is 3.68. The summed E-state index contributed by atoms with van der Waals surface area (Å²) >= 11 is 0. The summed E-state index contributed by atoms with van der Waals surface area (Å²) in [6, 6.07) is 23.0. The molecule has 1 N–H and O–H groups in total. The Hall–Kier alpha value is -3.18. The van der Waals surface area contributed by atoms with Gasteiger partial charge in [0.15, 0.2) is 0 Å². The highest BCUT2D eigenvalue weighted by Crippen LogP contribution is 2.19. The van der Waals surface area contributed by atoms with Gasteiger partial charge in [-0.05, 0) is 24.1 Å². The van der Waals surface area contributed by atoms with Crippen molar-refractivity contribution in [1.82, 2.24) is 14.9 Å². The van der Waals surface area contributed by atoms with Crippen LogP contribution in [0.15, 0.2) is 79.0 Å². The average molecular weight is 400 g/mol. The van der Waals surface area contributed by atoms with Gasteiger partial charge in [-0.2, -0.15) is 4.98 Å². The van der Waals surface area contributed by atoms with Crippen LogP contribution in [0.2, 0.25) is 0 Å². The van der Waals surface area contributed by atoms with Crippen molar-refractivity contribution >= 4 is 17.8 Å². The maximum absolute atomic E-state index is 4.76. The normalized spacial score (nSPS) is 16.0. The van der Waals surface area contributed by atoms with E-state index in [2.05, 4.69) is 87.7 Å². The molecule has 1 unspecified atom stereocenters. The standard InChI is InChI=1S/C25H29N5/c1-21(23-12-6-3-7-13-23)27-25-26-15-14-24(28-25)30-19-17-29(18-20-30)16-8-11-22-9-4-2-5-10-22/h2-15,21H,16-20H2,1H3,(H,26,27,28)/b11-8+. The van der Waals surface area contributed by atoms with Crippen LogP contribution in [0.25, 0.3) is 6.08 Å². The molecule has 4 rings (SSSR count). The molecule has 30 heavy (non-hydrogen) atoms.